The van der Waals surface area contributed by atoms with Gasteiger partial charge in [0.2, 0.25) is 5.91 Å². The molecule has 0 bridgehead atoms. The van der Waals surface area contributed by atoms with Crippen LogP contribution in [0, 0.1) is 23.7 Å². The molecule has 0 saturated heterocycles. The van der Waals surface area contributed by atoms with Gasteiger partial charge in [-0.25, -0.2) is 0 Å². The van der Waals surface area contributed by atoms with Crippen LogP contribution in [0.4, 0.5) is 0 Å². The van der Waals surface area contributed by atoms with Gasteiger partial charge < -0.3 is 15.9 Å². The molecule has 3 aromatic carbocycles. The van der Waals surface area contributed by atoms with Crippen LogP contribution >= 0.6 is 11.6 Å². The number of benzene rings is 3. The number of halogens is 1. The molecule has 2 unspecified atom stereocenters. The Bertz CT molecular complexity index is 1820. The largest absolute Gasteiger partial charge is 0.507 e. The Morgan fingerprint density at radius 2 is 1.60 bits per heavy atom. The lowest BCUT2D eigenvalue weighted by Gasteiger charge is -2.52. The van der Waals surface area contributed by atoms with Crippen molar-refractivity contribution in [3.63, 3.8) is 0 Å². The van der Waals surface area contributed by atoms with E-state index in [4.69, 9.17) is 17.3 Å². The van der Waals surface area contributed by atoms with E-state index in [9.17, 15) is 39.0 Å². The summed E-state index contributed by atoms with van der Waals surface area (Å²) in [6.45, 7) is 0. The quantitative estimate of drug-likeness (QED) is 0.298. The van der Waals surface area contributed by atoms with E-state index in [1.165, 1.54) is 25.1 Å². The Hall–Kier alpha value is -4.25. The maximum Gasteiger partial charge on any atom is 0.253 e. The first-order valence-electron chi connectivity index (χ1n) is 13.7. The van der Waals surface area contributed by atoms with E-state index >= 15 is 0 Å². The summed E-state index contributed by atoms with van der Waals surface area (Å²) >= 11 is 5.83. The highest BCUT2D eigenvalue weighted by atomic mass is 35.5. The van der Waals surface area contributed by atoms with Gasteiger partial charge in [-0.05, 0) is 84.1 Å². The average molecular weight is 603 g/mol. The van der Waals surface area contributed by atoms with Gasteiger partial charge in [-0.15, -0.1) is 0 Å². The van der Waals surface area contributed by atoms with Crippen LogP contribution in [0.25, 0.3) is 21.9 Å². The van der Waals surface area contributed by atoms with E-state index in [-0.39, 0.29) is 24.2 Å². The SMILES string of the molecule is CN(C)[C@@H]1C(=O)C(C(N)=O)C(=O)[C@@]2(O)C(=O)C3C(=O)c4c(O)ccc(-c5ccc(C(=O)Cl)c6ccccc56)c4C[C@H]3C[C@@H]12. The number of nitrogens with two attached hydrogens (primary N) is 1. The predicted octanol–water partition coefficient (Wildman–Crippen LogP) is 2.07. The summed E-state index contributed by atoms with van der Waals surface area (Å²) in [5.74, 6) is -11.1. The highest BCUT2D eigenvalue weighted by molar-refractivity contribution is 6.68. The molecular formula is C32H27ClN2O8. The molecule has 220 valence electrons. The zero-order valence-corrected chi connectivity index (χ0v) is 23.9. The Kier molecular flexibility index (Phi) is 6.64. The molecule has 0 radical (unpaired) electrons. The third-order valence-electron chi connectivity index (χ3n) is 9.37. The number of hydrogen-bond donors (Lipinski definition) is 3. The fraction of sp³-hybridized carbons (Fsp3) is 0.312. The summed E-state index contributed by atoms with van der Waals surface area (Å²) in [6, 6.07) is 12.2. The molecule has 6 atom stereocenters. The fourth-order valence-corrected chi connectivity index (χ4v) is 7.73. The molecule has 1 amide bonds. The zero-order chi connectivity index (χ0) is 31.1. The van der Waals surface area contributed by atoms with Gasteiger partial charge in [-0.1, -0.05) is 36.4 Å². The van der Waals surface area contributed by atoms with Crippen LogP contribution in [0.2, 0.25) is 0 Å². The van der Waals surface area contributed by atoms with Crippen molar-refractivity contribution >= 4 is 56.7 Å². The van der Waals surface area contributed by atoms with Gasteiger partial charge in [0.1, 0.15) is 5.75 Å². The Balaban J connectivity index is 1.53. The molecule has 0 heterocycles. The molecule has 2 fully saturated rings. The summed E-state index contributed by atoms with van der Waals surface area (Å²) in [6.07, 6.45) is 0.0551. The third-order valence-corrected chi connectivity index (χ3v) is 9.57. The number of hydrogen-bond acceptors (Lipinski definition) is 9. The van der Waals surface area contributed by atoms with Crippen molar-refractivity contribution in [1.29, 1.82) is 0 Å². The molecule has 4 N–H and O–H groups in total. The number of primary amides is 1. The van der Waals surface area contributed by atoms with Crippen LogP contribution in [0.5, 0.6) is 5.75 Å². The summed E-state index contributed by atoms with van der Waals surface area (Å²) < 4.78 is 0. The Labute approximate surface area is 250 Å². The van der Waals surface area contributed by atoms with Gasteiger partial charge in [0.25, 0.3) is 5.24 Å². The van der Waals surface area contributed by atoms with Gasteiger partial charge >= 0.3 is 0 Å². The van der Waals surface area contributed by atoms with Crippen molar-refractivity contribution < 1.29 is 39.0 Å². The summed E-state index contributed by atoms with van der Waals surface area (Å²) in [4.78, 5) is 80.5. The second-order valence-corrected chi connectivity index (χ2v) is 12.1. The number of aliphatic hydroxyl groups is 1. The van der Waals surface area contributed by atoms with Crippen molar-refractivity contribution in [2.45, 2.75) is 24.5 Å². The smallest absolute Gasteiger partial charge is 0.253 e. The molecule has 2 saturated carbocycles. The Morgan fingerprint density at radius 3 is 2.23 bits per heavy atom. The molecule has 0 spiro atoms. The molecule has 3 aliphatic carbocycles. The minimum absolute atomic E-state index is 0.0561. The number of nitrogens with zero attached hydrogens (tertiary/aromatic N) is 1. The van der Waals surface area contributed by atoms with Gasteiger partial charge in [-0.3, -0.25) is 33.7 Å². The topological polar surface area (TPSA) is 172 Å². The first-order valence-corrected chi connectivity index (χ1v) is 14.1. The van der Waals surface area contributed by atoms with Gasteiger partial charge in [0, 0.05) is 11.5 Å². The highest BCUT2D eigenvalue weighted by Gasteiger charge is 2.69. The zero-order valence-electron chi connectivity index (χ0n) is 23.2. The van der Waals surface area contributed by atoms with Crippen molar-refractivity contribution in [2.24, 2.45) is 29.4 Å². The van der Waals surface area contributed by atoms with E-state index < -0.39 is 69.6 Å². The van der Waals surface area contributed by atoms with Crippen molar-refractivity contribution in [3.05, 3.63) is 65.2 Å². The first-order chi connectivity index (χ1) is 20.3. The number of aromatic hydroxyl groups is 1. The molecule has 0 aliphatic heterocycles. The van der Waals surface area contributed by atoms with Gasteiger partial charge in [0.05, 0.1) is 17.5 Å². The summed E-state index contributed by atoms with van der Waals surface area (Å²) in [7, 11) is 3.07. The Morgan fingerprint density at radius 1 is 0.953 bits per heavy atom. The van der Waals surface area contributed by atoms with E-state index in [0.29, 0.717) is 33.0 Å². The first kappa shape index (κ1) is 28.9. The van der Waals surface area contributed by atoms with Crippen molar-refractivity contribution in [3.8, 4) is 16.9 Å². The summed E-state index contributed by atoms with van der Waals surface area (Å²) in [5, 5.41) is 23.3. The average Bonchev–Trinajstić information content (AvgIpc) is 2.94. The number of carbonyl (C=O) groups is 6. The fourth-order valence-electron chi connectivity index (χ4n) is 7.56. The molecule has 11 heteroatoms. The monoisotopic (exact) mass is 602 g/mol. The lowest BCUT2D eigenvalue weighted by atomic mass is 9.52. The van der Waals surface area contributed by atoms with Crippen molar-refractivity contribution in [1.82, 2.24) is 4.90 Å². The molecule has 3 aliphatic rings. The predicted molar refractivity (Wildman–Crippen MR) is 154 cm³/mol. The molecule has 43 heavy (non-hydrogen) atoms. The van der Waals surface area contributed by atoms with Crippen LogP contribution in [0.3, 0.4) is 0 Å². The molecule has 10 nitrogen and oxygen atoms in total. The number of phenols is 1. The maximum absolute atomic E-state index is 14.1. The van der Waals surface area contributed by atoms with Crippen LogP contribution < -0.4 is 5.73 Å². The molecule has 3 aromatic rings. The number of fused-ring (bicyclic) bond motifs is 4. The lowest BCUT2D eigenvalue weighted by Crippen LogP contribution is -2.74. The molecular weight excluding hydrogens is 576 g/mol. The van der Waals surface area contributed by atoms with Crippen molar-refractivity contribution in [2.75, 3.05) is 14.1 Å². The normalized spacial score (nSPS) is 28.4. The number of Topliss-reactive ketones (excluding diaryl/α,β-unsaturated/α-hetero) is 4. The minimum Gasteiger partial charge on any atom is -0.507 e. The lowest BCUT2D eigenvalue weighted by molar-refractivity contribution is -0.181. The maximum atomic E-state index is 14.1. The van der Waals surface area contributed by atoms with E-state index in [1.54, 1.807) is 42.5 Å². The second-order valence-electron chi connectivity index (χ2n) is 11.8. The van der Waals surface area contributed by atoms with E-state index in [1.807, 2.05) is 0 Å². The summed E-state index contributed by atoms with van der Waals surface area (Å²) in [5.41, 5.74) is 4.49. The minimum atomic E-state index is -2.79. The van der Waals surface area contributed by atoms with Gasteiger partial charge in [0.15, 0.2) is 34.7 Å². The molecule has 6 rings (SSSR count). The number of rotatable bonds is 4. The second kappa shape index (κ2) is 9.90. The highest BCUT2D eigenvalue weighted by Crippen LogP contribution is 2.52. The van der Waals surface area contributed by atoms with Crippen LogP contribution in [0.1, 0.15) is 32.7 Å². The number of carbonyl (C=O) groups excluding carboxylic acids is 6. The van der Waals surface area contributed by atoms with Gasteiger partial charge in [-0.2, -0.15) is 0 Å². The number of ketones is 4. The van der Waals surface area contributed by atoms with Crippen LogP contribution in [-0.2, 0) is 25.6 Å². The number of amides is 1. The third kappa shape index (κ3) is 3.93. The number of phenolic OH excluding ortho intramolecular Hbond substituents is 1. The number of likely N-dealkylation sites (N-methyl/N-ethyl adjacent to an activating group) is 1. The van der Waals surface area contributed by atoms with E-state index in [0.717, 1.165) is 0 Å². The molecule has 0 aromatic heterocycles. The van der Waals surface area contributed by atoms with E-state index in [2.05, 4.69) is 0 Å². The van der Waals surface area contributed by atoms with Crippen LogP contribution in [0.15, 0.2) is 48.5 Å². The standard InChI is InChI=1S/C32H27ClN2O8/c1-35(2)25-20-12-13-11-19-17(16-7-8-18(30(33)41)15-6-4-3-5-14(15)16)9-10-21(36)23(19)26(37)22(13)28(39)32(20,43)29(40)24(27(25)38)31(34)42/h3-10,13,20,22,24-25,36,43H,11-12H2,1-2H3,(H2,34,42)/t13-,20-,22?,24?,25-,32-/m0/s1. The van der Waals surface area contributed by atoms with Crippen LogP contribution in [-0.4, -0.2) is 75.1 Å².